The lowest BCUT2D eigenvalue weighted by atomic mass is 10.1. The maximum Gasteiger partial charge on any atom is 0.419 e. The van der Waals surface area contributed by atoms with Gasteiger partial charge < -0.3 is 19.6 Å². The van der Waals surface area contributed by atoms with Crippen LogP contribution in [0, 0.1) is 5.82 Å². The van der Waals surface area contributed by atoms with Crippen molar-refractivity contribution in [2.24, 2.45) is 0 Å². The van der Waals surface area contributed by atoms with E-state index in [0.29, 0.717) is 42.2 Å². The van der Waals surface area contributed by atoms with E-state index in [-0.39, 0.29) is 5.82 Å². The Bertz CT molecular complexity index is 939. The molecule has 1 aromatic heterocycles. The first kappa shape index (κ1) is 18.2. The van der Waals surface area contributed by atoms with Gasteiger partial charge in [0, 0.05) is 25.7 Å². The summed E-state index contributed by atoms with van der Waals surface area (Å²) in [6, 6.07) is 10.8. The fraction of sp³-hybridized carbons (Fsp3) is 0.316. The third-order valence-electron chi connectivity index (χ3n) is 3.76. The fourth-order valence-corrected chi connectivity index (χ4v) is 2.55. The highest BCUT2D eigenvalue weighted by Crippen LogP contribution is 2.25. The molecule has 0 aliphatic heterocycles. The molecule has 0 fully saturated rings. The maximum atomic E-state index is 12.9. The Morgan fingerprint density at radius 2 is 1.88 bits per heavy atom. The number of hydrogen-bond acceptors (Lipinski definition) is 5. The number of halogens is 1. The molecule has 1 heterocycles. The van der Waals surface area contributed by atoms with E-state index in [4.69, 9.17) is 9.15 Å². The minimum absolute atomic E-state index is 0.339. The van der Waals surface area contributed by atoms with Crippen LogP contribution in [-0.4, -0.2) is 28.4 Å². The summed E-state index contributed by atoms with van der Waals surface area (Å²) in [4.78, 5) is 12.1. The van der Waals surface area contributed by atoms with E-state index in [1.165, 1.54) is 28.8 Å². The summed E-state index contributed by atoms with van der Waals surface area (Å²) in [5.41, 5.74) is 0.263. The second kappa shape index (κ2) is 7.31. The Morgan fingerprint density at radius 3 is 2.58 bits per heavy atom. The summed E-state index contributed by atoms with van der Waals surface area (Å²) >= 11 is 0. The second-order valence-electron chi connectivity index (χ2n) is 6.69. The first-order chi connectivity index (χ1) is 12.3. The lowest BCUT2D eigenvalue weighted by Gasteiger charge is -2.17. The summed E-state index contributed by atoms with van der Waals surface area (Å²) in [6.07, 6.45) is 0. The van der Waals surface area contributed by atoms with Gasteiger partial charge in [0.05, 0.1) is 11.1 Å². The minimum Gasteiger partial charge on any atom is -0.457 e. The van der Waals surface area contributed by atoms with Crippen molar-refractivity contribution in [2.45, 2.75) is 26.0 Å². The summed E-state index contributed by atoms with van der Waals surface area (Å²) < 4.78 is 25.4. The number of oxazole rings is 1. The predicted molar refractivity (Wildman–Crippen MR) is 96.1 cm³/mol. The standard InChI is InChI=1S/C19H21FN2O4/c1-19(2,24)12-21-9-10-22-16-8-7-15(11-17(16)26-18(22)23)25-14-5-3-13(20)4-6-14/h3-8,11,21,24H,9-10,12H2,1-2H3. The Morgan fingerprint density at radius 1 is 1.19 bits per heavy atom. The molecule has 0 amide bonds. The zero-order valence-electron chi connectivity index (χ0n) is 14.7. The van der Waals surface area contributed by atoms with Crippen LogP contribution in [0.5, 0.6) is 11.5 Å². The fourth-order valence-electron chi connectivity index (χ4n) is 2.55. The highest BCUT2D eigenvalue weighted by molar-refractivity contribution is 5.74. The number of aliphatic hydroxyl groups is 1. The molecule has 7 heteroatoms. The number of fused-ring (bicyclic) bond motifs is 1. The van der Waals surface area contributed by atoms with Gasteiger partial charge in [0.2, 0.25) is 0 Å². The Hall–Kier alpha value is -2.64. The van der Waals surface area contributed by atoms with Gasteiger partial charge in [0.15, 0.2) is 5.58 Å². The predicted octanol–water partition coefficient (Wildman–Crippen LogP) is 2.89. The Kier molecular flexibility index (Phi) is 5.11. The summed E-state index contributed by atoms with van der Waals surface area (Å²) in [7, 11) is 0. The molecule has 0 saturated carbocycles. The normalized spacial score (nSPS) is 11.8. The Balaban J connectivity index is 1.73. The van der Waals surface area contributed by atoms with Gasteiger partial charge >= 0.3 is 5.76 Å². The van der Waals surface area contributed by atoms with Crippen LogP contribution in [0.3, 0.4) is 0 Å². The third-order valence-corrected chi connectivity index (χ3v) is 3.76. The number of rotatable bonds is 7. The number of hydrogen-bond donors (Lipinski definition) is 2. The maximum absolute atomic E-state index is 12.9. The van der Waals surface area contributed by atoms with Gasteiger partial charge in [-0.15, -0.1) is 0 Å². The van der Waals surface area contributed by atoms with Crippen molar-refractivity contribution in [2.75, 3.05) is 13.1 Å². The molecule has 0 bridgehead atoms. The lowest BCUT2D eigenvalue weighted by Crippen LogP contribution is -2.36. The Labute approximate surface area is 149 Å². The minimum atomic E-state index is -0.810. The number of nitrogens with zero attached hydrogens (tertiary/aromatic N) is 1. The molecule has 0 atom stereocenters. The van der Waals surface area contributed by atoms with Crippen LogP contribution in [-0.2, 0) is 6.54 Å². The summed E-state index contributed by atoms with van der Waals surface area (Å²) in [5, 5.41) is 12.8. The zero-order chi connectivity index (χ0) is 18.7. The second-order valence-corrected chi connectivity index (χ2v) is 6.69. The van der Waals surface area contributed by atoms with Crippen molar-refractivity contribution in [3.05, 3.63) is 58.8 Å². The average Bonchev–Trinajstić information content (AvgIpc) is 2.87. The van der Waals surface area contributed by atoms with Crippen molar-refractivity contribution in [3.63, 3.8) is 0 Å². The molecule has 138 valence electrons. The largest absolute Gasteiger partial charge is 0.457 e. The van der Waals surface area contributed by atoms with Crippen LogP contribution in [0.2, 0.25) is 0 Å². The molecule has 2 aromatic carbocycles. The van der Waals surface area contributed by atoms with Crippen molar-refractivity contribution in [1.82, 2.24) is 9.88 Å². The molecule has 26 heavy (non-hydrogen) atoms. The number of aromatic nitrogens is 1. The van der Waals surface area contributed by atoms with Crippen molar-refractivity contribution in [3.8, 4) is 11.5 Å². The van der Waals surface area contributed by atoms with Gasteiger partial charge in [-0.3, -0.25) is 4.57 Å². The van der Waals surface area contributed by atoms with Crippen LogP contribution in [0.25, 0.3) is 11.1 Å². The molecule has 0 unspecified atom stereocenters. The van der Waals surface area contributed by atoms with E-state index in [1.807, 2.05) is 0 Å². The van der Waals surface area contributed by atoms with Crippen LogP contribution in [0.1, 0.15) is 13.8 Å². The van der Waals surface area contributed by atoms with E-state index in [2.05, 4.69) is 5.32 Å². The number of nitrogens with one attached hydrogen (secondary N) is 1. The molecule has 0 spiro atoms. The van der Waals surface area contributed by atoms with Crippen LogP contribution in [0.15, 0.2) is 51.7 Å². The molecular formula is C19H21FN2O4. The van der Waals surface area contributed by atoms with Crippen molar-refractivity contribution < 1.29 is 18.7 Å². The van der Waals surface area contributed by atoms with Gasteiger partial charge in [-0.25, -0.2) is 9.18 Å². The molecule has 0 aliphatic rings. The van der Waals surface area contributed by atoms with Crippen molar-refractivity contribution >= 4 is 11.1 Å². The van der Waals surface area contributed by atoms with E-state index in [1.54, 1.807) is 32.0 Å². The van der Waals surface area contributed by atoms with E-state index < -0.39 is 11.4 Å². The average molecular weight is 360 g/mol. The van der Waals surface area contributed by atoms with Crippen LogP contribution < -0.4 is 15.8 Å². The SMILES string of the molecule is CC(C)(O)CNCCn1c(=O)oc2cc(Oc3ccc(F)cc3)ccc21. The van der Waals surface area contributed by atoms with Gasteiger partial charge in [-0.05, 0) is 50.2 Å². The van der Waals surface area contributed by atoms with Crippen molar-refractivity contribution in [1.29, 1.82) is 0 Å². The van der Waals surface area contributed by atoms with Crippen LogP contribution in [0.4, 0.5) is 4.39 Å². The van der Waals surface area contributed by atoms with Gasteiger partial charge in [0.1, 0.15) is 17.3 Å². The molecular weight excluding hydrogens is 339 g/mol. The first-order valence-electron chi connectivity index (χ1n) is 8.32. The van der Waals surface area contributed by atoms with Gasteiger partial charge in [-0.2, -0.15) is 0 Å². The number of benzene rings is 2. The highest BCUT2D eigenvalue weighted by atomic mass is 19.1. The molecule has 0 aliphatic carbocycles. The smallest absolute Gasteiger partial charge is 0.419 e. The molecule has 0 radical (unpaired) electrons. The van der Waals surface area contributed by atoms with Gasteiger partial charge in [-0.1, -0.05) is 0 Å². The molecule has 6 nitrogen and oxygen atoms in total. The van der Waals surface area contributed by atoms with E-state index in [0.717, 1.165) is 0 Å². The summed E-state index contributed by atoms with van der Waals surface area (Å²) in [6.45, 7) is 4.78. The first-order valence-corrected chi connectivity index (χ1v) is 8.32. The summed E-state index contributed by atoms with van der Waals surface area (Å²) in [5.74, 6) is 0.187. The highest BCUT2D eigenvalue weighted by Gasteiger charge is 2.13. The van der Waals surface area contributed by atoms with Crippen LogP contribution >= 0.6 is 0 Å². The lowest BCUT2D eigenvalue weighted by molar-refractivity contribution is 0.0797. The molecule has 0 saturated heterocycles. The molecule has 2 N–H and O–H groups in total. The monoisotopic (exact) mass is 360 g/mol. The molecule has 3 aromatic rings. The van der Waals surface area contributed by atoms with E-state index in [9.17, 15) is 14.3 Å². The zero-order valence-corrected chi connectivity index (χ0v) is 14.7. The molecule has 3 rings (SSSR count). The quantitative estimate of drug-likeness (QED) is 0.634. The third kappa shape index (κ3) is 4.50. The van der Waals surface area contributed by atoms with E-state index >= 15 is 0 Å². The topological polar surface area (TPSA) is 76.6 Å². The number of ether oxygens (including phenoxy) is 1. The van der Waals surface area contributed by atoms with Gasteiger partial charge in [0.25, 0.3) is 0 Å².